The highest BCUT2D eigenvalue weighted by molar-refractivity contribution is 4.86. The lowest BCUT2D eigenvalue weighted by molar-refractivity contribution is -0.184. The zero-order valence-corrected chi connectivity index (χ0v) is 11.8. The average Bonchev–Trinajstić information content (AvgIpc) is 2.39. The summed E-state index contributed by atoms with van der Waals surface area (Å²) in [4.78, 5) is 0. The molecule has 1 nitrogen and oxygen atoms in total. The van der Waals surface area contributed by atoms with Crippen LogP contribution in [0.25, 0.3) is 0 Å². The summed E-state index contributed by atoms with van der Waals surface area (Å²) in [7, 11) is 0. The molecule has 19 heavy (non-hydrogen) atoms. The fourth-order valence-electron chi connectivity index (χ4n) is 3.71. The maximum Gasteiger partial charge on any atom is 0.391 e. The van der Waals surface area contributed by atoms with Crippen molar-refractivity contribution >= 4 is 0 Å². The van der Waals surface area contributed by atoms with Crippen LogP contribution in [0.4, 0.5) is 13.2 Å². The first-order chi connectivity index (χ1) is 8.99. The highest BCUT2D eigenvalue weighted by atomic mass is 19.4. The van der Waals surface area contributed by atoms with E-state index in [4.69, 9.17) is 0 Å². The summed E-state index contributed by atoms with van der Waals surface area (Å²) in [5, 5.41) is 3.50. The summed E-state index contributed by atoms with van der Waals surface area (Å²) in [6, 6.07) is 0.545. The molecule has 0 aromatic carbocycles. The van der Waals surface area contributed by atoms with Crippen molar-refractivity contribution in [1.82, 2.24) is 5.32 Å². The third-order valence-corrected chi connectivity index (χ3v) is 5.03. The van der Waals surface area contributed by atoms with E-state index in [2.05, 4.69) is 12.2 Å². The van der Waals surface area contributed by atoms with Crippen LogP contribution in [0.5, 0.6) is 0 Å². The molecular formula is C15H26F3N. The van der Waals surface area contributed by atoms with E-state index < -0.39 is 12.1 Å². The Morgan fingerprint density at radius 1 is 0.947 bits per heavy atom. The molecule has 2 atom stereocenters. The molecule has 4 heteroatoms. The second kappa shape index (κ2) is 6.47. The molecule has 112 valence electrons. The van der Waals surface area contributed by atoms with Gasteiger partial charge in [-0.2, -0.15) is 13.2 Å². The molecular weight excluding hydrogens is 251 g/mol. The summed E-state index contributed by atoms with van der Waals surface area (Å²) in [5.74, 6) is -0.238. The maximum absolute atomic E-state index is 12.8. The van der Waals surface area contributed by atoms with Crippen molar-refractivity contribution in [1.29, 1.82) is 0 Å². The molecule has 0 bridgehead atoms. The number of halogens is 3. The van der Waals surface area contributed by atoms with Gasteiger partial charge in [-0.1, -0.05) is 19.8 Å². The minimum absolute atomic E-state index is 0.0866. The molecule has 0 amide bonds. The summed E-state index contributed by atoms with van der Waals surface area (Å²) in [6.07, 6.45) is 4.25. The largest absolute Gasteiger partial charge is 0.391 e. The van der Waals surface area contributed by atoms with E-state index in [1.165, 1.54) is 19.3 Å². The van der Waals surface area contributed by atoms with Crippen LogP contribution in [0.1, 0.15) is 64.7 Å². The lowest BCUT2D eigenvalue weighted by atomic mass is 9.82. The third-order valence-electron chi connectivity index (χ3n) is 5.03. The van der Waals surface area contributed by atoms with Crippen LogP contribution < -0.4 is 5.32 Å². The topological polar surface area (TPSA) is 12.0 Å². The van der Waals surface area contributed by atoms with Gasteiger partial charge in [-0.15, -0.1) is 0 Å². The minimum atomic E-state index is -4.00. The summed E-state index contributed by atoms with van der Waals surface area (Å²) >= 11 is 0. The van der Waals surface area contributed by atoms with E-state index >= 15 is 0 Å². The molecule has 2 fully saturated rings. The molecule has 0 saturated heterocycles. The maximum atomic E-state index is 12.8. The molecule has 0 heterocycles. The Morgan fingerprint density at radius 3 is 2.21 bits per heavy atom. The van der Waals surface area contributed by atoms with Crippen LogP contribution in [0.15, 0.2) is 0 Å². The van der Waals surface area contributed by atoms with Crippen LogP contribution in [-0.4, -0.2) is 18.3 Å². The van der Waals surface area contributed by atoms with Crippen molar-refractivity contribution in [3.8, 4) is 0 Å². The first kappa shape index (κ1) is 15.1. The van der Waals surface area contributed by atoms with Crippen LogP contribution in [0.3, 0.4) is 0 Å². The Kier molecular flexibility index (Phi) is 5.15. The molecule has 2 aliphatic rings. The summed E-state index contributed by atoms with van der Waals surface area (Å²) in [6.45, 7) is 2.23. The molecule has 2 unspecified atom stereocenters. The van der Waals surface area contributed by atoms with Gasteiger partial charge in [0.05, 0.1) is 5.92 Å². The molecule has 0 aliphatic heterocycles. The predicted octanol–water partition coefficient (Wildman–Crippen LogP) is 4.67. The molecule has 0 radical (unpaired) electrons. The molecule has 0 aromatic heterocycles. The van der Waals surface area contributed by atoms with E-state index in [1.54, 1.807) is 0 Å². The number of hydrogen-bond donors (Lipinski definition) is 1. The van der Waals surface area contributed by atoms with Gasteiger partial charge in [0.15, 0.2) is 0 Å². The SMILES string of the molecule is CCC1CCC(NC2CCCC(C(F)(F)F)C2)CC1. The Morgan fingerprint density at radius 2 is 1.63 bits per heavy atom. The van der Waals surface area contributed by atoms with Crippen LogP contribution in [-0.2, 0) is 0 Å². The second-order valence-electron chi connectivity index (χ2n) is 6.39. The fourth-order valence-corrected chi connectivity index (χ4v) is 3.71. The summed E-state index contributed by atoms with van der Waals surface area (Å²) < 4.78 is 38.3. The number of hydrogen-bond acceptors (Lipinski definition) is 1. The smallest absolute Gasteiger partial charge is 0.311 e. The van der Waals surface area contributed by atoms with Crippen LogP contribution in [0, 0.1) is 11.8 Å². The first-order valence-electron chi connectivity index (χ1n) is 7.81. The number of nitrogens with one attached hydrogen (secondary N) is 1. The predicted molar refractivity (Wildman–Crippen MR) is 71.0 cm³/mol. The molecule has 2 saturated carbocycles. The van der Waals surface area contributed by atoms with Crippen molar-refractivity contribution in [2.45, 2.75) is 83.0 Å². The van der Waals surface area contributed by atoms with Gasteiger partial charge in [0.2, 0.25) is 0 Å². The molecule has 2 rings (SSSR count). The van der Waals surface area contributed by atoms with E-state index in [0.717, 1.165) is 25.2 Å². The fraction of sp³-hybridized carbons (Fsp3) is 1.00. The zero-order chi connectivity index (χ0) is 13.9. The van der Waals surface area contributed by atoms with Crippen LogP contribution in [0.2, 0.25) is 0 Å². The Balaban J connectivity index is 1.77. The lowest BCUT2D eigenvalue weighted by Gasteiger charge is -2.36. The van der Waals surface area contributed by atoms with Crippen molar-refractivity contribution in [2.75, 3.05) is 0 Å². The van der Waals surface area contributed by atoms with E-state index in [1.807, 2.05) is 0 Å². The van der Waals surface area contributed by atoms with Gasteiger partial charge >= 0.3 is 6.18 Å². The lowest BCUT2D eigenvalue weighted by Crippen LogP contribution is -2.44. The van der Waals surface area contributed by atoms with E-state index in [0.29, 0.717) is 18.9 Å². The van der Waals surface area contributed by atoms with Gasteiger partial charge < -0.3 is 5.32 Å². The second-order valence-corrected chi connectivity index (χ2v) is 6.39. The number of rotatable bonds is 3. The number of alkyl halides is 3. The average molecular weight is 277 g/mol. The quantitative estimate of drug-likeness (QED) is 0.790. The van der Waals surface area contributed by atoms with Crippen LogP contribution >= 0.6 is 0 Å². The van der Waals surface area contributed by atoms with Crippen molar-refractivity contribution < 1.29 is 13.2 Å². The Labute approximate surface area is 114 Å². The van der Waals surface area contributed by atoms with Gasteiger partial charge in [0.25, 0.3) is 0 Å². The molecule has 0 spiro atoms. The van der Waals surface area contributed by atoms with Gasteiger partial charge in [-0.05, 0) is 50.9 Å². The highest BCUT2D eigenvalue weighted by Crippen LogP contribution is 2.38. The van der Waals surface area contributed by atoms with E-state index in [9.17, 15) is 13.2 Å². The van der Waals surface area contributed by atoms with Gasteiger partial charge in [0.1, 0.15) is 0 Å². The summed E-state index contributed by atoms with van der Waals surface area (Å²) in [5.41, 5.74) is 0. The van der Waals surface area contributed by atoms with Crippen molar-refractivity contribution in [2.24, 2.45) is 11.8 Å². The van der Waals surface area contributed by atoms with Gasteiger partial charge in [-0.25, -0.2) is 0 Å². The highest BCUT2D eigenvalue weighted by Gasteiger charge is 2.42. The van der Waals surface area contributed by atoms with Gasteiger partial charge in [-0.3, -0.25) is 0 Å². The monoisotopic (exact) mass is 277 g/mol. The first-order valence-corrected chi connectivity index (χ1v) is 7.81. The van der Waals surface area contributed by atoms with Crippen molar-refractivity contribution in [3.05, 3.63) is 0 Å². The standard InChI is InChI=1S/C15H26F3N/c1-2-11-6-8-13(9-7-11)19-14-5-3-4-12(10-14)15(16,17)18/h11-14,19H,2-10H2,1H3. The molecule has 0 aromatic rings. The minimum Gasteiger partial charge on any atom is -0.311 e. The molecule has 1 N–H and O–H groups in total. The van der Waals surface area contributed by atoms with E-state index in [-0.39, 0.29) is 12.5 Å². The van der Waals surface area contributed by atoms with Crippen molar-refractivity contribution in [3.63, 3.8) is 0 Å². The van der Waals surface area contributed by atoms with Gasteiger partial charge in [0, 0.05) is 12.1 Å². The Hall–Kier alpha value is -0.250. The Bertz CT molecular complexity index is 269. The molecule has 2 aliphatic carbocycles. The normalized spacial score (nSPS) is 37.3. The zero-order valence-electron chi connectivity index (χ0n) is 11.8. The third kappa shape index (κ3) is 4.37.